The Kier molecular flexibility index (Phi) is 4.35. The molecular formula is C21H25N3. The molecule has 0 N–H and O–H groups in total. The zero-order valence-electron chi connectivity index (χ0n) is 14.3. The van der Waals surface area contributed by atoms with Gasteiger partial charge in [-0.05, 0) is 49.9 Å². The standard InChI is InChI=1S/C21H25N3/c1-17(24-16-22-20-11-5-6-12-21(20)24)14-23-13-7-10-19(15-23)18-8-3-2-4-9-18/h2-6,8-9,11-12,16-17,19H,7,10,13-15H2,1H3/t17-,19-/m1/s1. The Hall–Kier alpha value is -2.13. The van der Waals surface area contributed by atoms with Gasteiger partial charge in [-0.15, -0.1) is 0 Å². The number of hydrogen-bond acceptors (Lipinski definition) is 2. The SMILES string of the molecule is C[C@H](CN1CCC[C@@H](c2ccccc2)C1)n1cnc2ccccc21. The van der Waals surface area contributed by atoms with Gasteiger partial charge >= 0.3 is 0 Å². The van der Waals surface area contributed by atoms with E-state index < -0.39 is 0 Å². The van der Waals surface area contributed by atoms with Gasteiger partial charge < -0.3 is 9.47 Å². The van der Waals surface area contributed by atoms with E-state index in [4.69, 9.17) is 0 Å². The number of para-hydroxylation sites is 2. The number of rotatable bonds is 4. The summed E-state index contributed by atoms with van der Waals surface area (Å²) in [5.41, 5.74) is 3.81. The zero-order chi connectivity index (χ0) is 16.4. The van der Waals surface area contributed by atoms with Gasteiger partial charge in [0.15, 0.2) is 0 Å². The average Bonchev–Trinajstić information content (AvgIpc) is 3.07. The third kappa shape index (κ3) is 3.09. The zero-order valence-corrected chi connectivity index (χ0v) is 14.3. The van der Waals surface area contributed by atoms with Gasteiger partial charge in [0, 0.05) is 19.1 Å². The molecule has 0 spiro atoms. The molecule has 1 fully saturated rings. The Morgan fingerprint density at radius 1 is 1.08 bits per heavy atom. The fraction of sp³-hybridized carbons (Fsp3) is 0.381. The molecule has 0 radical (unpaired) electrons. The largest absolute Gasteiger partial charge is 0.326 e. The lowest BCUT2D eigenvalue weighted by Crippen LogP contribution is -2.37. The van der Waals surface area contributed by atoms with E-state index in [0.29, 0.717) is 12.0 Å². The minimum Gasteiger partial charge on any atom is -0.326 e. The maximum atomic E-state index is 4.54. The summed E-state index contributed by atoms with van der Waals surface area (Å²) in [6.07, 6.45) is 4.59. The molecule has 0 amide bonds. The molecule has 0 unspecified atom stereocenters. The van der Waals surface area contributed by atoms with Crippen LogP contribution in [0, 0.1) is 0 Å². The third-order valence-electron chi connectivity index (χ3n) is 5.25. The number of fused-ring (bicyclic) bond motifs is 1. The van der Waals surface area contributed by atoms with Gasteiger partial charge in [-0.1, -0.05) is 42.5 Å². The second-order valence-corrected chi connectivity index (χ2v) is 7.00. The van der Waals surface area contributed by atoms with Gasteiger partial charge in [-0.25, -0.2) is 4.98 Å². The lowest BCUT2D eigenvalue weighted by molar-refractivity contribution is 0.185. The van der Waals surface area contributed by atoms with E-state index in [1.807, 2.05) is 6.33 Å². The molecule has 0 aliphatic carbocycles. The van der Waals surface area contributed by atoms with Gasteiger partial charge in [0.05, 0.1) is 17.4 Å². The molecule has 1 aromatic heterocycles. The number of benzene rings is 2. The summed E-state index contributed by atoms with van der Waals surface area (Å²) in [5, 5.41) is 0. The molecule has 2 heterocycles. The van der Waals surface area contributed by atoms with Crippen LogP contribution in [-0.4, -0.2) is 34.1 Å². The van der Waals surface area contributed by atoms with Crippen LogP contribution in [0.5, 0.6) is 0 Å². The van der Waals surface area contributed by atoms with Crippen molar-refractivity contribution in [3.8, 4) is 0 Å². The molecule has 4 rings (SSSR count). The van der Waals surface area contributed by atoms with E-state index in [9.17, 15) is 0 Å². The van der Waals surface area contributed by atoms with Crippen LogP contribution >= 0.6 is 0 Å². The highest BCUT2D eigenvalue weighted by Gasteiger charge is 2.23. The van der Waals surface area contributed by atoms with Crippen LogP contribution in [0.3, 0.4) is 0 Å². The predicted molar refractivity (Wildman–Crippen MR) is 99.3 cm³/mol. The van der Waals surface area contributed by atoms with Crippen LogP contribution in [0.25, 0.3) is 11.0 Å². The molecule has 3 heteroatoms. The number of piperidine rings is 1. The van der Waals surface area contributed by atoms with Gasteiger partial charge in [0.1, 0.15) is 0 Å². The minimum atomic E-state index is 0.437. The van der Waals surface area contributed by atoms with Crippen molar-refractivity contribution in [1.82, 2.24) is 14.5 Å². The highest BCUT2D eigenvalue weighted by atomic mass is 15.2. The van der Waals surface area contributed by atoms with Crippen molar-refractivity contribution in [3.63, 3.8) is 0 Å². The summed E-state index contributed by atoms with van der Waals surface area (Å²) in [7, 11) is 0. The van der Waals surface area contributed by atoms with Crippen LogP contribution in [-0.2, 0) is 0 Å². The first-order valence-corrected chi connectivity index (χ1v) is 9.00. The Bertz CT molecular complexity index is 793. The number of nitrogens with zero attached hydrogens (tertiary/aromatic N) is 3. The Balaban J connectivity index is 1.46. The first kappa shape index (κ1) is 15.4. The molecule has 3 aromatic rings. The first-order chi connectivity index (χ1) is 11.8. The predicted octanol–water partition coefficient (Wildman–Crippen LogP) is 4.48. The van der Waals surface area contributed by atoms with E-state index in [1.54, 1.807) is 0 Å². The van der Waals surface area contributed by atoms with Gasteiger partial charge in [0.25, 0.3) is 0 Å². The topological polar surface area (TPSA) is 21.1 Å². The van der Waals surface area contributed by atoms with Crippen LogP contribution in [0.4, 0.5) is 0 Å². The van der Waals surface area contributed by atoms with Crippen LogP contribution in [0.2, 0.25) is 0 Å². The third-order valence-corrected chi connectivity index (χ3v) is 5.25. The lowest BCUT2D eigenvalue weighted by Gasteiger charge is -2.35. The number of hydrogen-bond donors (Lipinski definition) is 0. The highest BCUT2D eigenvalue weighted by Crippen LogP contribution is 2.28. The van der Waals surface area contributed by atoms with Crippen LogP contribution in [0.1, 0.15) is 37.3 Å². The highest BCUT2D eigenvalue weighted by molar-refractivity contribution is 5.75. The summed E-state index contributed by atoms with van der Waals surface area (Å²) in [5.74, 6) is 0.673. The van der Waals surface area contributed by atoms with E-state index in [-0.39, 0.29) is 0 Å². The summed E-state index contributed by atoms with van der Waals surface area (Å²) >= 11 is 0. The molecule has 1 aliphatic rings. The molecule has 3 nitrogen and oxygen atoms in total. The van der Waals surface area contributed by atoms with Gasteiger partial charge in [0.2, 0.25) is 0 Å². The Morgan fingerprint density at radius 3 is 2.75 bits per heavy atom. The molecule has 1 aliphatic heterocycles. The molecule has 1 saturated heterocycles. The summed E-state index contributed by atoms with van der Waals surface area (Å²) in [6.45, 7) is 5.77. The molecule has 2 aromatic carbocycles. The van der Waals surface area contributed by atoms with Crippen molar-refractivity contribution in [2.24, 2.45) is 0 Å². The summed E-state index contributed by atoms with van der Waals surface area (Å²) in [6, 6.07) is 19.8. The lowest BCUT2D eigenvalue weighted by atomic mass is 9.90. The maximum Gasteiger partial charge on any atom is 0.0961 e. The summed E-state index contributed by atoms with van der Waals surface area (Å²) < 4.78 is 2.32. The normalized spacial score (nSPS) is 20.3. The first-order valence-electron chi connectivity index (χ1n) is 9.00. The van der Waals surface area contributed by atoms with E-state index in [2.05, 4.69) is 76.0 Å². The fourth-order valence-corrected chi connectivity index (χ4v) is 4.01. The fourth-order valence-electron chi connectivity index (χ4n) is 4.01. The van der Waals surface area contributed by atoms with Crippen molar-refractivity contribution in [1.29, 1.82) is 0 Å². The van der Waals surface area contributed by atoms with Crippen LogP contribution < -0.4 is 0 Å². The molecule has 124 valence electrons. The summed E-state index contributed by atoms with van der Waals surface area (Å²) in [4.78, 5) is 7.17. The van der Waals surface area contributed by atoms with Gasteiger partial charge in [-0.3, -0.25) is 0 Å². The number of aromatic nitrogens is 2. The van der Waals surface area contributed by atoms with Crippen molar-refractivity contribution in [3.05, 3.63) is 66.5 Å². The Morgan fingerprint density at radius 2 is 1.88 bits per heavy atom. The van der Waals surface area contributed by atoms with Crippen molar-refractivity contribution >= 4 is 11.0 Å². The molecular weight excluding hydrogens is 294 g/mol. The molecule has 0 bridgehead atoms. The second-order valence-electron chi connectivity index (χ2n) is 7.00. The smallest absolute Gasteiger partial charge is 0.0961 e. The quantitative estimate of drug-likeness (QED) is 0.707. The molecule has 0 saturated carbocycles. The maximum absolute atomic E-state index is 4.54. The van der Waals surface area contributed by atoms with Crippen molar-refractivity contribution in [2.45, 2.75) is 31.7 Å². The van der Waals surface area contributed by atoms with Gasteiger partial charge in [-0.2, -0.15) is 0 Å². The van der Waals surface area contributed by atoms with Crippen molar-refractivity contribution < 1.29 is 0 Å². The Labute approximate surface area is 143 Å². The molecule has 2 atom stereocenters. The minimum absolute atomic E-state index is 0.437. The monoisotopic (exact) mass is 319 g/mol. The van der Waals surface area contributed by atoms with E-state index in [1.165, 1.54) is 37.0 Å². The average molecular weight is 319 g/mol. The van der Waals surface area contributed by atoms with Crippen molar-refractivity contribution in [2.75, 3.05) is 19.6 Å². The number of likely N-dealkylation sites (tertiary alicyclic amines) is 1. The van der Waals surface area contributed by atoms with Crippen LogP contribution in [0.15, 0.2) is 60.9 Å². The second kappa shape index (κ2) is 6.78. The van der Waals surface area contributed by atoms with E-state index >= 15 is 0 Å². The number of imidazole rings is 1. The van der Waals surface area contributed by atoms with E-state index in [0.717, 1.165) is 12.1 Å². The molecule has 24 heavy (non-hydrogen) atoms.